The summed E-state index contributed by atoms with van der Waals surface area (Å²) in [5, 5.41) is 0. The van der Waals surface area contributed by atoms with Gasteiger partial charge in [-0.05, 0) is 25.2 Å². The van der Waals surface area contributed by atoms with E-state index in [-0.39, 0.29) is 0 Å². The van der Waals surface area contributed by atoms with Crippen molar-refractivity contribution in [2.24, 2.45) is 17.8 Å². The molecule has 1 rings (SSSR count). The van der Waals surface area contributed by atoms with Crippen LogP contribution in [-0.4, -0.2) is 5.78 Å². The van der Waals surface area contributed by atoms with Crippen molar-refractivity contribution in [2.75, 3.05) is 0 Å². The lowest BCUT2D eigenvalue weighted by molar-refractivity contribution is -0.136. The van der Waals surface area contributed by atoms with Gasteiger partial charge in [-0.1, -0.05) is 20.8 Å². The van der Waals surface area contributed by atoms with Gasteiger partial charge in [-0.25, -0.2) is 0 Å². The minimum atomic E-state index is 0.416. The van der Waals surface area contributed by atoms with Gasteiger partial charge in [-0.3, -0.25) is 4.79 Å². The summed E-state index contributed by atoms with van der Waals surface area (Å²) >= 11 is 0. The van der Waals surface area contributed by atoms with E-state index >= 15 is 0 Å². The zero-order chi connectivity index (χ0) is 8.43. The number of ketones is 1. The Balaban J connectivity index is 2.27. The van der Waals surface area contributed by atoms with Gasteiger partial charge in [0.25, 0.3) is 0 Å². The molecule has 0 radical (unpaired) electrons. The normalized spacial score (nSPS) is 30.7. The molecule has 0 N–H and O–H groups in total. The Hall–Kier alpha value is -0.330. The molecule has 0 aromatic heterocycles. The van der Waals surface area contributed by atoms with Crippen LogP contribution in [0.5, 0.6) is 0 Å². The molecular formula is C10H18O. The fourth-order valence-corrected chi connectivity index (χ4v) is 1.90. The highest BCUT2D eigenvalue weighted by Crippen LogP contribution is 2.35. The summed E-state index contributed by atoms with van der Waals surface area (Å²) in [6.07, 6.45) is 3.32. The average Bonchev–Trinajstić information content (AvgIpc) is 1.96. The molecule has 2 atom stereocenters. The summed E-state index contributed by atoms with van der Waals surface area (Å²) in [7, 11) is 0. The topological polar surface area (TPSA) is 17.1 Å². The van der Waals surface area contributed by atoms with Crippen LogP contribution in [0.15, 0.2) is 0 Å². The van der Waals surface area contributed by atoms with Gasteiger partial charge in [0, 0.05) is 11.8 Å². The van der Waals surface area contributed by atoms with Gasteiger partial charge in [-0.2, -0.15) is 0 Å². The third kappa shape index (κ3) is 1.82. The molecule has 0 aromatic carbocycles. The van der Waals surface area contributed by atoms with E-state index in [1.165, 1.54) is 0 Å². The van der Waals surface area contributed by atoms with Gasteiger partial charge >= 0.3 is 0 Å². The first-order chi connectivity index (χ1) is 5.15. The Morgan fingerprint density at radius 2 is 2.09 bits per heavy atom. The van der Waals surface area contributed by atoms with Gasteiger partial charge in [0.15, 0.2) is 0 Å². The number of hydrogen-bond acceptors (Lipinski definition) is 1. The molecule has 0 aromatic rings. The minimum absolute atomic E-state index is 0.416. The largest absolute Gasteiger partial charge is 0.299 e. The van der Waals surface area contributed by atoms with Crippen LogP contribution in [0.1, 0.15) is 40.0 Å². The standard InChI is InChI=1S/C10H18O/c1-4-8-6-9(10(8)11)5-7(2)3/h7-9H,4-6H2,1-3H3. The van der Waals surface area contributed by atoms with E-state index in [9.17, 15) is 4.79 Å². The predicted molar refractivity (Wildman–Crippen MR) is 46.4 cm³/mol. The highest BCUT2D eigenvalue weighted by Gasteiger charge is 2.37. The first kappa shape index (κ1) is 8.76. The second kappa shape index (κ2) is 3.38. The van der Waals surface area contributed by atoms with Crippen molar-refractivity contribution >= 4 is 5.78 Å². The van der Waals surface area contributed by atoms with Crippen molar-refractivity contribution in [3.05, 3.63) is 0 Å². The van der Waals surface area contributed by atoms with Crippen molar-refractivity contribution < 1.29 is 4.79 Å². The van der Waals surface area contributed by atoms with Crippen molar-refractivity contribution in [3.8, 4) is 0 Å². The van der Waals surface area contributed by atoms with E-state index in [2.05, 4.69) is 20.8 Å². The van der Waals surface area contributed by atoms with Crippen LogP contribution < -0.4 is 0 Å². The maximum absolute atomic E-state index is 11.3. The van der Waals surface area contributed by atoms with E-state index in [0.29, 0.717) is 23.5 Å². The molecule has 0 amide bonds. The monoisotopic (exact) mass is 154 g/mol. The predicted octanol–water partition coefficient (Wildman–Crippen LogP) is 2.65. The summed E-state index contributed by atoms with van der Waals surface area (Å²) < 4.78 is 0. The number of carbonyl (C=O) groups is 1. The fraction of sp³-hybridized carbons (Fsp3) is 0.900. The van der Waals surface area contributed by atoms with Crippen LogP contribution in [0, 0.1) is 17.8 Å². The summed E-state index contributed by atoms with van der Waals surface area (Å²) in [6, 6.07) is 0. The van der Waals surface area contributed by atoms with Crippen LogP contribution in [0.25, 0.3) is 0 Å². The molecule has 1 heteroatoms. The Labute approximate surface area is 69.2 Å². The maximum atomic E-state index is 11.3. The molecule has 1 aliphatic rings. The summed E-state index contributed by atoms with van der Waals surface area (Å²) in [6.45, 7) is 6.48. The average molecular weight is 154 g/mol. The van der Waals surface area contributed by atoms with Crippen molar-refractivity contribution in [1.82, 2.24) is 0 Å². The van der Waals surface area contributed by atoms with Crippen molar-refractivity contribution in [1.29, 1.82) is 0 Å². The fourth-order valence-electron chi connectivity index (χ4n) is 1.90. The first-order valence-electron chi connectivity index (χ1n) is 4.68. The van der Waals surface area contributed by atoms with Gasteiger partial charge in [0.05, 0.1) is 0 Å². The lowest BCUT2D eigenvalue weighted by Crippen LogP contribution is -2.37. The van der Waals surface area contributed by atoms with E-state index in [1.54, 1.807) is 0 Å². The Bertz CT molecular complexity index is 149. The zero-order valence-electron chi connectivity index (χ0n) is 7.76. The Morgan fingerprint density at radius 1 is 1.45 bits per heavy atom. The minimum Gasteiger partial charge on any atom is -0.299 e. The molecule has 64 valence electrons. The van der Waals surface area contributed by atoms with E-state index in [1.807, 2.05) is 0 Å². The molecule has 0 saturated heterocycles. The molecule has 2 unspecified atom stereocenters. The third-order valence-electron chi connectivity index (χ3n) is 2.62. The number of carbonyl (C=O) groups excluding carboxylic acids is 1. The van der Waals surface area contributed by atoms with Gasteiger partial charge in [0.1, 0.15) is 5.78 Å². The quantitative estimate of drug-likeness (QED) is 0.610. The van der Waals surface area contributed by atoms with Gasteiger partial charge in [0.2, 0.25) is 0 Å². The van der Waals surface area contributed by atoms with Gasteiger partial charge in [-0.15, -0.1) is 0 Å². The highest BCUT2D eigenvalue weighted by atomic mass is 16.1. The molecule has 1 nitrogen and oxygen atoms in total. The molecule has 0 heterocycles. The van der Waals surface area contributed by atoms with Crippen LogP contribution >= 0.6 is 0 Å². The number of Topliss-reactive ketones (excluding diaryl/α,β-unsaturated/α-hetero) is 1. The maximum Gasteiger partial charge on any atom is 0.139 e. The van der Waals surface area contributed by atoms with Crippen LogP contribution in [0.2, 0.25) is 0 Å². The molecule has 1 saturated carbocycles. The van der Waals surface area contributed by atoms with Crippen LogP contribution in [0.3, 0.4) is 0 Å². The summed E-state index contributed by atoms with van der Waals surface area (Å²) in [5.74, 6) is 2.04. The summed E-state index contributed by atoms with van der Waals surface area (Å²) in [4.78, 5) is 11.3. The SMILES string of the molecule is CCC1CC(CC(C)C)C1=O. The second-order valence-corrected chi connectivity index (χ2v) is 4.07. The molecule has 1 aliphatic carbocycles. The zero-order valence-corrected chi connectivity index (χ0v) is 7.76. The van der Waals surface area contributed by atoms with Crippen molar-refractivity contribution in [2.45, 2.75) is 40.0 Å². The Kier molecular flexibility index (Phi) is 2.69. The molecule has 0 spiro atoms. The third-order valence-corrected chi connectivity index (χ3v) is 2.62. The van der Waals surface area contributed by atoms with Crippen LogP contribution in [0.4, 0.5) is 0 Å². The summed E-state index contributed by atoms with van der Waals surface area (Å²) in [5.41, 5.74) is 0. The van der Waals surface area contributed by atoms with E-state index < -0.39 is 0 Å². The van der Waals surface area contributed by atoms with E-state index in [4.69, 9.17) is 0 Å². The molecule has 0 aliphatic heterocycles. The lowest BCUT2D eigenvalue weighted by Gasteiger charge is -2.33. The second-order valence-electron chi connectivity index (χ2n) is 4.07. The smallest absolute Gasteiger partial charge is 0.139 e. The highest BCUT2D eigenvalue weighted by molar-refractivity contribution is 5.88. The number of hydrogen-bond donors (Lipinski definition) is 0. The molecule has 11 heavy (non-hydrogen) atoms. The van der Waals surface area contributed by atoms with Gasteiger partial charge < -0.3 is 0 Å². The lowest BCUT2D eigenvalue weighted by atomic mass is 9.69. The van der Waals surface area contributed by atoms with Crippen LogP contribution in [-0.2, 0) is 4.79 Å². The molecular weight excluding hydrogens is 136 g/mol. The van der Waals surface area contributed by atoms with Crippen molar-refractivity contribution in [3.63, 3.8) is 0 Å². The molecule has 0 bridgehead atoms. The Morgan fingerprint density at radius 3 is 2.45 bits per heavy atom. The number of rotatable bonds is 3. The first-order valence-corrected chi connectivity index (χ1v) is 4.68. The van der Waals surface area contributed by atoms with E-state index in [0.717, 1.165) is 19.3 Å². The molecule has 1 fully saturated rings.